The zero-order valence-corrected chi connectivity index (χ0v) is 23.2. The van der Waals surface area contributed by atoms with E-state index in [0.717, 1.165) is 30.2 Å². The summed E-state index contributed by atoms with van der Waals surface area (Å²) in [6.07, 6.45) is 1.84. The van der Waals surface area contributed by atoms with E-state index >= 15 is 0 Å². The first-order valence-corrected chi connectivity index (χ1v) is 13.5. The molecule has 0 bridgehead atoms. The van der Waals surface area contributed by atoms with Crippen LogP contribution in [0.4, 0.5) is 11.4 Å². The van der Waals surface area contributed by atoms with Gasteiger partial charge in [0, 0.05) is 52.8 Å². The molecule has 1 saturated heterocycles. The van der Waals surface area contributed by atoms with E-state index in [9.17, 15) is 0 Å². The monoisotopic (exact) mass is 529 g/mol. The van der Waals surface area contributed by atoms with Gasteiger partial charge in [-0.25, -0.2) is 0 Å². The summed E-state index contributed by atoms with van der Waals surface area (Å²) >= 11 is 12.1. The fourth-order valence-electron chi connectivity index (χ4n) is 5.44. The minimum atomic E-state index is -0.0941. The first-order chi connectivity index (χ1) is 17.9. The lowest BCUT2D eigenvalue weighted by Crippen LogP contribution is -2.29. The number of halogens is 1. The van der Waals surface area contributed by atoms with Crippen molar-refractivity contribution in [3.05, 3.63) is 107 Å². The van der Waals surface area contributed by atoms with Gasteiger partial charge in [-0.15, -0.1) is 0 Å². The molecule has 4 aromatic rings. The predicted molar refractivity (Wildman–Crippen MR) is 158 cm³/mol. The van der Waals surface area contributed by atoms with E-state index in [1.807, 2.05) is 42.6 Å². The molecule has 2 aromatic carbocycles. The molecule has 190 valence electrons. The predicted octanol–water partition coefficient (Wildman–Crippen LogP) is 7.17. The van der Waals surface area contributed by atoms with E-state index in [2.05, 4.69) is 83.8 Å². The summed E-state index contributed by atoms with van der Waals surface area (Å²) in [6, 6.07) is 24.9. The van der Waals surface area contributed by atoms with Crippen LogP contribution in [0.5, 0.6) is 0 Å². The molecule has 5 rings (SSSR count). The average molecular weight is 530 g/mol. The number of thiocarbonyl (C=S) groups is 1. The van der Waals surface area contributed by atoms with Crippen molar-refractivity contribution in [2.75, 3.05) is 22.9 Å². The number of hydrogen-bond donors (Lipinski definition) is 1. The molecule has 0 saturated carbocycles. The molecule has 7 heteroatoms. The van der Waals surface area contributed by atoms with Crippen molar-refractivity contribution >= 4 is 40.3 Å². The van der Waals surface area contributed by atoms with Crippen LogP contribution in [0.3, 0.4) is 0 Å². The number of nitrogens with one attached hydrogen (secondary N) is 1. The van der Waals surface area contributed by atoms with Crippen LogP contribution in [0, 0.1) is 13.8 Å². The molecule has 0 radical (unpaired) electrons. The van der Waals surface area contributed by atoms with Crippen molar-refractivity contribution in [2.45, 2.75) is 39.8 Å². The van der Waals surface area contributed by atoms with Crippen molar-refractivity contribution in [3.63, 3.8) is 0 Å². The molecule has 0 spiro atoms. The van der Waals surface area contributed by atoms with Crippen molar-refractivity contribution in [1.82, 2.24) is 14.9 Å². The maximum absolute atomic E-state index is 6.22. The second kappa shape index (κ2) is 10.6. The van der Waals surface area contributed by atoms with Gasteiger partial charge in [0.1, 0.15) is 0 Å². The number of nitrogens with zero attached hydrogens (tertiary/aromatic N) is 4. The minimum absolute atomic E-state index is 0.0709. The lowest BCUT2D eigenvalue weighted by atomic mass is 9.96. The molecular weight excluding hydrogens is 498 g/mol. The number of pyridine rings is 1. The van der Waals surface area contributed by atoms with Gasteiger partial charge in [0.05, 0.1) is 17.8 Å². The SMILES string of the molecule is CCN(CC)c1ccc(-n2c(C)cc(C3C(c4ccccn4)NC(=S)N3c3ccc(Cl)cc3)c2C)cc1. The van der Waals surface area contributed by atoms with Crippen LogP contribution < -0.4 is 15.1 Å². The Kier molecular flexibility index (Phi) is 7.22. The third kappa shape index (κ3) is 4.72. The van der Waals surface area contributed by atoms with Gasteiger partial charge in [-0.05, 0) is 112 Å². The summed E-state index contributed by atoms with van der Waals surface area (Å²) < 4.78 is 2.33. The van der Waals surface area contributed by atoms with Gasteiger partial charge in [0.15, 0.2) is 5.11 Å². The van der Waals surface area contributed by atoms with Crippen LogP contribution in [-0.4, -0.2) is 27.8 Å². The van der Waals surface area contributed by atoms with Crippen molar-refractivity contribution in [3.8, 4) is 5.69 Å². The van der Waals surface area contributed by atoms with Gasteiger partial charge in [0.25, 0.3) is 0 Å². The second-order valence-corrected chi connectivity index (χ2v) is 10.1. The lowest BCUT2D eigenvalue weighted by Gasteiger charge is -2.28. The number of rotatable bonds is 7. The highest BCUT2D eigenvalue weighted by Crippen LogP contribution is 2.44. The van der Waals surface area contributed by atoms with Gasteiger partial charge >= 0.3 is 0 Å². The van der Waals surface area contributed by atoms with Crippen LogP contribution in [0.1, 0.15) is 48.6 Å². The summed E-state index contributed by atoms with van der Waals surface area (Å²) in [5.41, 5.74) is 7.92. The first kappa shape index (κ1) is 25.3. The number of aromatic nitrogens is 2. The normalized spacial score (nSPS) is 17.2. The Morgan fingerprint density at radius 1 is 0.946 bits per heavy atom. The Bertz CT molecular complexity index is 1380. The maximum Gasteiger partial charge on any atom is 0.174 e. The third-order valence-electron chi connectivity index (χ3n) is 7.23. The highest BCUT2D eigenvalue weighted by Gasteiger charge is 2.42. The zero-order valence-electron chi connectivity index (χ0n) is 21.6. The van der Waals surface area contributed by atoms with Gasteiger partial charge in [0.2, 0.25) is 0 Å². The highest BCUT2D eigenvalue weighted by molar-refractivity contribution is 7.80. The molecule has 2 aromatic heterocycles. The number of aryl methyl sites for hydroxylation is 1. The van der Waals surface area contributed by atoms with E-state index in [0.29, 0.717) is 10.1 Å². The van der Waals surface area contributed by atoms with Crippen molar-refractivity contribution in [2.24, 2.45) is 0 Å². The molecular formula is C30H32ClN5S. The fraction of sp³-hybridized carbons (Fsp3) is 0.267. The Balaban J connectivity index is 1.61. The van der Waals surface area contributed by atoms with Gasteiger partial charge in [-0.3, -0.25) is 4.98 Å². The molecule has 37 heavy (non-hydrogen) atoms. The fourth-order valence-corrected chi connectivity index (χ4v) is 5.91. The van der Waals surface area contributed by atoms with E-state index < -0.39 is 0 Å². The topological polar surface area (TPSA) is 36.3 Å². The molecule has 2 unspecified atom stereocenters. The largest absolute Gasteiger partial charge is 0.372 e. The van der Waals surface area contributed by atoms with Crippen molar-refractivity contribution < 1.29 is 0 Å². The van der Waals surface area contributed by atoms with Crippen molar-refractivity contribution in [1.29, 1.82) is 0 Å². The number of hydrogen-bond acceptors (Lipinski definition) is 3. The molecule has 0 aliphatic carbocycles. The highest BCUT2D eigenvalue weighted by atomic mass is 35.5. The maximum atomic E-state index is 6.22. The van der Waals surface area contributed by atoms with E-state index in [1.54, 1.807) is 0 Å². The molecule has 1 aliphatic heterocycles. The van der Waals surface area contributed by atoms with Crippen LogP contribution in [0.15, 0.2) is 79.0 Å². The summed E-state index contributed by atoms with van der Waals surface area (Å²) in [4.78, 5) is 9.24. The summed E-state index contributed by atoms with van der Waals surface area (Å²) in [6.45, 7) is 10.7. The quantitative estimate of drug-likeness (QED) is 0.257. The molecule has 0 amide bonds. The molecule has 5 nitrogen and oxygen atoms in total. The van der Waals surface area contributed by atoms with Crippen LogP contribution >= 0.6 is 23.8 Å². The van der Waals surface area contributed by atoms with Gasteiger partial charge < -0.3 is 19.7 Å². The van der Waals surface area contributed by atoms with Crippen LogP contribution in [0.2, 0.25) is 5.02 Å². The Hall–Kier alpha value is -3.35. The first-order valence-electron chi connectivity index (χ1n) is 12.7. The lowest BCUT2D eigenvalue weighted by molar-refractivity contribution is 0.565. The minimum Gasteiger partial charge on any atom is -0.372 e. The Morgan fingerprint density at radius 2 is 1.62 bits per heavy atom. The van der Waals surface area contributed by atoms with E-state index in [-0.39, 0.29) is 12.1 Å². The zero-order chi connectivity index (χ0) is 26.1. The molecule has 2 atom stereocenters. The summed E-state index contributed by atoms with van der Waals surface area (Å²) in [5.74, 6) is 0. The Labute approximate surface area is 229 Å². The number of benzene rings is 2. The third-order valence-corrected chi connectivity index (χ3v) is 7.79. The standard InChI is InChI=1S/C30H32ClN5S/c1-5-34(6-2)23-14-16-24(17-15-23)35-20(3)19-26(21(35)4)29-28(27-9-7-8-18-32-27)33-30(37)36(29)25-12-10-22(31)11-13-25/h7-19,28-29H,5-6H2,1-4H3,(H,33,37). The molecule has 3 heterocycles. The smallest absolute Gasteiger partial charge is 0.174 e. The average Bonchev–Trinajstić information content (AvgIpc) is 3.41. The Morgan fingerprint density at radius 3 is 2.24 bits per heavy atom. The molecule has 1 fully saturated rings. The van der Waals surface area contributed by atoms with Gasteiger partial charge in [-0.1, -0.05) is 17.7 Å². The molecule has 1 N–H and O–H groups in total. The summed E-state index contributed by atoms with van der Waals surface area (Å²) in [5, 5.41) is 4.93. The number of anilines is 2. The molecule has 1 aliphatic rings. The van der Waals surface area contributed by atoms with E-state index in [1.165, 1.54) is 22.6 Å². The van der Waals surface area contributed by atoms with Gasteiger partial charge in [-0.2, -0.15) is 0 Å². The van der Waals surface area contributed by atoms with Crippen LogP contribution in [-0.2, 0) is 0 Å². The van der Waals surface area contributed by atoms with E-state index in [4.69, 9.17) is 28.8 Å². The van der Waals surface area contributed by atoms with Crippen LogP contribution in [0.25, 0.3) is 5.69 Å². The summed E-state index contributed by atoms with van der Waals surface area (Å²) in [7, 11) is 0. The second-order valence-electron chi connectivity index (χ2n) is 9.32.